The highest BCUT2D eigenvalue weighted by atomic mass is 32.2. The fraction of sp³-hybridized carbons (Fsp3) is 1.00. The summed E-state index contributed by atoms with van der Waals surface area (Å²) >= 11 is 0. The third-order valence-electron chi connectivity index (χ3n) is 4.25. The van der Waals surface area contributed by atoms with Crippen LogP contribution in [-0.4, -0.2) is 57.7 Å². The highest BCUT2D eigenvalue weighted by molar-refractivity contribution is 7.87. The minimum Gasteiger partial charge on any atom is -0.374 e. The van der Waals surface area contributed by atoms with E-state index in [1.165, 1.54) is 0 Å². The summed E-state index contributed by atoms with van der Waals surface area (Å²) < 4.78 is 35.0. The van der Waals surface area contributed by atoms with E-state index in [-0.39, 0.29) is 11.6 Å². The highest BCUT2D eigenvalue weighted by Crippen LogP contribution is 2.25. The average molecular weight is 305 g/mol. The molecule has 0 aromatic carbocycles. The Bertz CT molecular complexity index is 405. The van der Waals surface area contributed by atoms with Gasteiger partial charge in [-0.25, -0.2) is 0 Å². The van der Waals surface area contributed by atoms with Crippen LogP contribution < -0.4 is 10.0 Å². The molecule has 2 fully saturated rings. The number of nitrogens with one attached hydrogen (secondary N) is 2. The van der Waals surface area contributed by atoms with Gasteiger partial charge in [0, 0.05) is 32.3 Å². The molecule has 2 heterocycles. The lowest BCUT2D eigenvalue weighted by Gasteiger charge is -2.35. The molecule has 6 nitrogen and oxygen atoms in total. The van der Waals surface area contributed by atoms with Crippen LogP contribution in [0.2, 0.25) is 0 Å². The standard InChI is InChI=1S/C13H27N3O3S/c1-13(7-5-9-19-13)11-15-20(17,18)16-8-4-3-6-12(16)10-14-2/h12,14-15H,3-11H2,1-2H3. The second-order valence-electron chi connectivity index (χ2n) is 6.05. The molecule has 2 aliphatic rings. The Labute approximate surface area is 122 Å². The van der Waals surface area contributed by atoms with E-state index in [0.29, 0.717) is 19.6 Å². The molecule has 0 radical (unpaired) electrons. The maximum Gasteiger partial charge on any atom is 0.279 e. The molecule has 0 bridgehead atoms. The van der Waals surface area contributed by atoms with Crippen molar-refractivity contribution in [3.05, 3.63) is 0 Å². The number of piperidine rings is 1. The van der Waals surface area contributed by atoms with Crippen LogP contribution in [0, 0.1) is 0 Å². The Balaban J connectivity index is 1.97. The van der Waals surface area contributed by atoms with E-state index in [0.717, 1.165) is 38.7 Å². The SMILES string of the molecule is CNCC1CCCCN1S(=O)(=O)NCC1(C)CCCO1. The van der Waals surface area contributed by atoms with Crippen LogP contribution in [0.1, 0.15) is 39.0 Å². The fourth-order valence-corrected chi connectivity index (χ4v) is 4.63. The van der Waals surface area contributed by atoms with Crippen LogP contribution in [0.15, 0.2) is 0 Å². The molecule has 2 N–H and O–H groups in total. The van der Waals surface area contributed by atoms with E-state index >= 15 is 0 Å². The van der Waals surface area contributed by atoms with Crippen LogP contribution in [0.25, 0.3) is 0 Å². The summed E-state index contributed by atoms with van der Waals surface area (Å²) in [5.74, 6) is 0. The Hall–Kier alpha value is -0.210. The lowest BCUT2D eigenvalue weighted by molar-refractivity contribution is 0.0246. The quantitative estimate of drug-likeness (QED) is 0.748. The van der Waals surface area contributed by atoms with Crippen molar-refractivity contribution in [3.8, 4) is 0 Å². The van der Waals surface area contributed by atoms with Crippen molar-refractivity contribution in [2.75, 3.05) is 33.3 Å². The maximum absolute atomic E-state index is 12.5. The Morgan fingerprint density at radius 3 is 2.80 bits per heavy atom. The second-order valence-corrected chi connectivity index (χ2v) is 7.75. The summed E-state index contributed by atoms with van der Waals surface area (Å²) in [6, 6.07) is 0.0588. The van der Waals surface area contributed by atoms with Gasteiger partial charge in [-0.15, -0.1) is 0 Å². The number of likely N-dealkylation sites (N-methyl/N-ethyl adjacent to an activating group) is 1. The van der Waals surface area contributed by atoms with Gasteiger partial charge >= 0.3 is 0 Å². The molecule has 2 atom stereocenters. The predicted molar refractivity (Wildman–Crippen MR) is 78.8 cm³/mol. The van der Waals surface area contributed by atoms with Crippen LogP contribution in [0.3, 0.4) is 0 Å². The smallest absolute Gasteiger partial charge is 0.279 e. The van der Waals surface area contributed by atoms with Gasteiger partial charge in [0.05, 0.1) is 5.60 Å². The minimum absolute atomic E-state index is 0.0588. The van der Waals surface area contributed by atoms with Crippen molar-refractivity contribution in [1.82, 2.24) is 14.3 Å². The first-order valence-electron chi connectivity index (χ1n) is 7.52. The van der Waals surface area contributed by atoms with Crippen molar-refractivity contribution in [3.63, 3.8) is 0 Å². The molecule has 2 rings (SSSR count). The van der Waals surface area contributed by atoms with Gasteiger partial charge in [0.2, 0.25) is 0 Å². The van der Waals surface area contributed by atoms with Gasteiger partial charge < -0.3 is 10.1 Å². The summed E-state index contributed by atoms with van der Waals surface area (Å²) in [4.78, 5) is 0. The lowest BCUT2D eigenvalue weighted by atomic mass is 10.0. The average Bonchev–Trinajstić information content (AvgIpc) is 2.85. The first-order valence-corrected chi connectivity index (χ1v) is 8.96. The fourth-order valence-electron chi connectivity index (χ4n) is 3.03. The Morgan fingerprint density at radius 2 is 2.15 bits per heavy atom. The van der Waals surface area contributed by atoms with Gasteiger partial charge in [0.1, 0.15) is 0 Å². The zero-order chi connectivity index (χ0) is 14.6. The summed E-state index contributed by atoms with van der Waals surface area (Å²) in [5.41, 5.74) is -0.346. The number of ether oxygens (including phenoxy) is 1. The molecule has 20 heavy (non-hydrogen) atoms. The molecule has 0 aromatic rings. The molecule has 0 aromatic heterocycles. The largest absolute Gasteiger partial charge is 0.374 e. The summed E-state index contributed by atoms with van der Waals surface area (Å²) in [6.45, 7) is 4.38. The molecule has 2 unspecified atom stereocenters. The summed E-state index contributed by atoms with van der Waals surface area (Å²) in [6.07, 6.45) is 4.88. The Kier molecular flexibility index (Phi) is 5.42. The minimum atomic E-state index is -3.42. The molecule has 7 heteroatoms. The number of rotatable bonds is 6. The molecule has 2 aliphatic heterocycles. The molecule has 2 saturated heterocycles. The van der Waals surface area contributed by atoms with E-state index in [2.05, 4.69) is 10.0 Å². The molecule has 0 aliphatic carbocycles. The number of hydrogen-bond donors (Lipinski definition) is 2. The monoisotopic (exact) mass is 305 g/mol. The van der Waals surface area contributed by atoms with E-state index in [1.54, 1.807) is 4.31 Å². The summed E-state index contributed by atoms with van der Waals surface area (Å²) in [7, 11) is -1.56. The number of hydrogen-bond acceptors (Lipinski definition) is 4. The van der Waals surface area contributed by atoms with E-state index < -0.39 is 10.2 Å². The van der Waals surface area contributed by atoms with Crippen molar-refractivity contribution >= 4 is 10.2 Å². The number of nitrogens with zero attached hydrogens (tertiary/aromatic N) is 1. The van der Waals surface area contributed by atoms with Gasteiger partial charge in [-0.3, -0.25) is 0 Å². The highest BCUT2D eigenvalue weighted by Gasteiger charge is 2.35. The third kappa shape index (κ3) is 3.92. The van der Waals surface area contributed by atoms with E-state index in [9.17, 15) is 8.42 Å². The van der Waals surface area contributed by atoms with E-state index in [1.807, 2.05) is 14.0 Å². The van der Waals surface area contributed by atoms with Crippen molar-refractivity contribution in [2.24, 2.45) is 0 Å². The van der Waals surface area contributed by atoms with Crippen molar-refractivity contribution in [2.45, 2.75) is 50.7 Å². The van der Waals surface area contributed by atoms with Gasteiger partial charge in [0.25, 0.3) is 10.2 Å². The summed E-state index contributed by atoms with van der Waals surface area (Å²) in [5, 5.41) is 3.09. The third-order valence-corrected chi connectivity index (χ3v) is 5.86. The van der Waals surface area contributed by atoms with Crippen molar-refractivity contribution in [1.29, 1.82) is 0 Å². The predicted octanol–water partition coefficient (Wildman–Crippen LogP) is 0.464. The van der Waals surface area contributed by atoms with Crippen molar-refractivity contribution < 1.29 is 13.2 Å². The Morgan fingerprint density at radius 1 is 1.35 bits per heavy atom. The second kappa shape index (κ2) is 6.70. The maximum atomic E-state index is 12.5. The van der Waals surface area contributed by atoms with Gasteiger partial charge in [0.15, 0.2) is 0 Å². The molecular weight excluding hydrogens is 278 g/mol. The molecule has 0 amide bonds. The molecule has 118 valence electrons. The topological polar surface area (TPSA) is 70.7 Å². The zero-order valence-corrected chi connectivity index (χ0v) is 13.3. The first kappa shape index (κ1) is 16.2. The van der Waals surface area contributed by atoms with Crippen LogP contribution in [0.5, 0.6) is 0 Å². The molecule has 0 saturated carbocycles. The van der Waals surface area contributed by atoms with Crippen LogP contribution in [-0.2, 0) is 14.9 Å². The van der Waals surface area contributed by atoms with Crippen LogP contribution >= 0.6 is 0 Å². The normalized spacial score (nSPS) is 32.6. The first-order chi connectivity index (χ1) is 9.47. The molecule has 0 spiro atoms. The van der Waals surface area contributed by atoms with Crippen LogP contribution in [0.4, 0.5) is 0 Å². The van der Waals surface area contributed by atoms with E-state index in [4.69, 9.17) is 4.74 Å². The zero-order valence-electron chi connectivity index (χ0n) is 12.5. The van der Waals surface area contributed by atoms with Gasteiger partial charge in [-0.2, -0.15) is 17.4 Å². The lowest BCUT2D eigenvalue weighted by Crippen LogP contribution is -2.54. The molecular formula is C13H27N3O3S. The van der Waals surface area contributed by atoms with Gasteiger partial charge in [-0.05, 0) is 39.7 Å². The van der Waals surface area contributed by atoms with Gasteiger partial charge in [-0.1, -0.05) is 6.42 Å².